The second-order valence-electron chi connectivity index (χ2n) is 8.71. The zero-order valence-corrected chi connectivity index (χ0v) is 24.4. The largest absolute Gasteiger partial charge is 0.377 e. The summed E-state index contributed by atoms with van der Waals surface area (Å²) in [6, 6.07) is 8.09. The molecule has 0 amide bonds. The molecule has 3 saturated heterocycles. The predicted octanol–water partition coefficient (Wildman–Crippen LogP) is 5.97. The van der Waals surface area contributed by atoms with E-state index in [1.165, 1.54) is 51.1 Å². The molecular weight excluding hydrogens is 444 g/mol. The highest BCUT2D eigenvalue weighted by Gasteiger charge is 2.21. The molecule has 4 rings (SSSR count). The fourth-order valence-electron chi connectivity index (χ4n) is 3.82. The third kappa shape index (κ3) is 14.5. The summed E-state index contributed by atoms with van der Waals surface area (Å²) in [5, 5.41) is 0.808. The van der Waals surface area contributed by atoms with E-state index < -0.39 is 0 Å². The number of hydrogen-bond donors (Lipinski definition) is 0. The van der Waals surface area contributed by atoms with Gasteiger partial charge in [-0.15, -0.1) is 0 Å². The Balaban J connectivity index is 0.000000509. The minimum absolute atomic E-state index is 0.531. The van der Waals surface area contributed by atoms with Gasteiger partial charge in [-0.05, 0) is 51.2 Å². The number of benzene rings is 1. The van der Waals surface area contributed by atoms with Gasteiger partial charge in [0.15, 0.2) is 0 Å². The summed E-state index contributed by atoms with van der Waals surface area (Å²) in [5.74, 6) is 0. The molecule has 0 bridgehead atoms. The van der Waals surface area contributed by atoms with Crippen molar-refractivity contribution in [3.63, 3.8) is 0 Å². The Hall–Kier alpha value is -0.850. The highest BCUT2D eigenvalue weighted by Crippen LogP contribution is 2.19. The molecule has 0 aliphatic carbocycles. The summed E-state index contributed by atoms with van der Waals surface area (Å²) in [5.41, 5.74) is 1.28. The first-order valence-electron chi connectivity index (χ1n) is 13.7. The van der Waals surface area contributed by atoms with Crippen LogP contribution in [-0.2, 0) is 4.74 Å². The molecule has 3 fully saturated rings. The first-order chi connectivity index (χ1) is 16.5. The van der Waals surface area contributed by atoms with Crippen molar-refractivity contribution >= 4 is 17.3 Å². The molecule has 0 aromatic heterocycles. The molecule has 1 aromatic rings. The van der Waals surface area contributed by atoms with Crippen molar-refractivity contribution in [2.75, 3.05) is 84.5 Å². The number of hydrogen-bond acceptors (Lipinski definition) is 5. The molecule has 1 atom stereocenters. The van der Waals surface area contributed by atoms with Gasteiger partial charge in [-0.3, -0.25) is 4.90 Å². The van der Waals surface area contributed by atoms with Crippen LogP contribution >= 0.6 is 11.6 Å². The molecule has 1 aromatic carbocycles. The minimum Gasteiger partial charge on any atom is -0.377 e. The third-order valence-corrected chi connectivity index (χ3v) is 6.03. The van der Waals surface area contributed by atoms with Crippen LogP contribution in [0, 0.1) is 0 Å². The standard InChI is InChI=1S/C11H15ClN2.C10H20N2O.C3H8.2C2H6/c1-13-6-8-14(9-7-13)11-4-2-10(12)3-5-11;1-11-4-6-12(7-5-11)9-10-3-2-8-13-10;1-3-2;2*1-2/h2-5H,6-9H2,1H3;10H,2-9H2,1H3;3H2,1-2H3;2*1-2H3. The fourth-order valence-corrected chi connectivity index (χ4v) is 3.95. The number of likely N-dealkylation sites (N-methyl/N-ethyl adjacent to an activating group) is 2. The van der Waals surface area contributed by atoms with E-state index in [1.807, 2.05) is 39.8 Å². The topological polar surface area (TPSA) is 22.2 Å². The van der Waals surface area contributed by atoms with Crippen molar-refractivity contribution < 1.29 is 4.74 Å². The highest BCUT2D eigenvalue weighted by atomic mass is 35.5. The van der Waals surface area contributed by atoms with Crippen LogP contribution in [0.3, 0.4) is 0 Å². The summed E-state index contributed by atoms with van der Waals surface area (Å²) < 4.78 is 5.63. The van der Waals surface area contributed by atoms with E-state index in [4.69, 9.17) is 16.3 Å². The normalized spacial score (nSPS) is 21.0. The van der Waals surface area contributed by atoms with E-state index in [9.17, 15) is 0 Å². The fraction of sp³-hybridized carbons (Fsp3) is 0.786. The molecule has 34 heavy (non-hydrogen) atoms. The van der Waals surface area contributed by atoms with Crippen molar-refractivity contribution in [1.29, 1.82) is 0 Å². The van der Waals surface area contributed by atoms with Gasteiger partial charge in [-0.25, -0.2) is 0 Å². The van der Waals surface area contributed by atoms with Gasteiger partial charge < -0.3 is 19.4 Å². The molecule has 0 N–H and O–H groups in total. The molecule has 1 unspecified atom stereocenters. The quantitative estimate of drug-likeness (QED) is 0.510. The van der Waals surface area contributed by atoms with Crippen LogP contribution < -0.4 is 4.90 Å². The smallest absolute Gasteiger partial charge is 0.0702 e. The second kappa shape index (κ2) is 21.4. The maximum atomic E-state index is 5.85. The van der Waals surface area contributed by atoms with Crippen LogP contribution in [0.15, 0.2) is 24.3 Å². The predicted molar refractivity (Wildman–Crippen MR) is 153 cm³/mol. The number of ether oxygens (including phenoxy) is 1. The van der Waals surface area contributed by atoms with Gasteiger partial charge in [0.2, 0.25) is 0 Å². The number of anilines is 1. The van der Waals surface area contributed by atoms with Gasteiger partial charge in [0.05, 0.1) is 6.10 Å². The van der Waals surface area contributed by atoms with Crippen molar-refractivity contribution in [2.45, 2.75) is 66.9 Å². The van der Waals surface area contributed by atoms with Crippen LogP contribution in [-0.4, -0.2) is 100 Å². The van der Waals surface area contributed by atoms with Crippen LogP contribution in [0.25, 0.3) is 0 Å². The molecule has 3 aliphatic rings. The SMILES string of the molecule is CC.CC.CCC.CN1CCN(CC2CCCO2)CC1.CN1CCN(c2ccc(Cl)cc2)CC1. The van der Waals surface area contributed by atoms with E-state index in [2.05, 4.69) is 59.7 Å². The van der Waals surface area contributed by atoms with Gasteiger partial charge in [0.1, 0.15) is 0 Å². The van der Waals surface area contributed by atoms with Crippen LogP contribution in [0.4, 0.5) is 5.69 Å². The van der Waals surface area contributed by atoms with Crippen molar-refractivity contribution in [3.05, 3.63) is 29.3 Å². The molecule has 0 spiro atoms. The number of halogens is 1. The number of piperazine rings is 2. The lowest BCUT2D eigenvalue weighted by atomic mass is 10.2. The van der Waals surface area contributed by atoms with Crippen molar-refractivity contribution in [1.82, 2.24) is 14.7 Å². The van der Waals surface area contributed by atoms with E-state index >= 15 is 0 Å². The van der Waals surface area contributed by atoms with E-state index in [0.29, 0.717) is 6.10 Å². The summed E-state index contributed by atoms with van der Waals surface area (Å²) in [7, 11) is 4.36. The molecule has 200 valence electrons. The summed E-state index contributed by atoms with van der Waals surface area (Å²) in [4.78, 5) is 9.69. The number of nitrogens with zero attached hydrogens (tertiary/aromatic N) is 4. The minimum atomic E-state index is 0.531. The zero-order chi connectivity index (χ0) is 25.8. The Morgan fingerprint density at radius 2 is 1.26 bits per heavy atom. The maximum Gasteiger partial charge on any atom is 0.0702 e. The van der Waals surface area contributed by atoms with Crippen molar-refractivity contribution in [3.8, 4) is 0 Å². The first kappa shape index (κ1) is 33.1. The average molecular weight is 499 g/mol. The van der Waals surface area contributed by atoms with Crippen LogP contribution in [0.2, 0.25) is 5.02 Å². The maximum absolute atomic E-state index is 5.85. The molecular formula is C28H55ClN4O. The van der Waals surface area contributed by atoms with Gasteiger partial charge >= 0.3 is 0 Å². The van der Waals surface area contributed by atoms with Crippen LogP contribution in [0.1, 0.15) is 60.8 Å². The molecule has 3 aliphatic heterocycles. The molecule has 0 radical (unpaired) electrons. The molecule has 3 heterocycles. The molecule has 0 saturated carbocycles. The Kier molecular flexibility index (Phi) is 20.9. The van der Waals surface area contributed by atoms with Gasteiger partial charge in [0.25, 0.3) is 0 Å². The highest BCUT2D eigenvalue weighted by molar-refractivity contribution is 6.30. The summed E-state index contributed by atoms with van der Waals surface area (Å²) in [6.45, 7) is 23.8. The number of rotatable bonds is 3. The monoisotopic (exact) mass is 498 g/mol. The average Bonchev–Trinajstić information content (AvgIpc) is 3.38. The lowest BCUT2D eigenvalue weighted by Gasteiger charge is -2.34. The Morgan fingerprint density at radius 3 is 1.71 bits per heavy atom. The second-order valence-corrected chi connectivity index (χ2v) is 9.15. The molecule has 5 nitrogen and oxygen atoms in total. The van der Waals surface area contributed by atoms with Gasteiger partial charge in [-0.1, -0.05) is 59.6 Å². The Bertz CT molecular complexity index is 550. The van der Waals surface area contributed by atoms with Gasteiger partial charge in [0, 0.05) is 76.2 Å². The summed E-state index contributed by atoms with van der Waals surface area (Å²) in [6.07, 6.45) is 4.31. The van der Waals surface area contributed by atoms with E-state index in [1.54, 1.807) is 0 Å². The Labute approximate surface area is 217 Å². The third-order valence-electron chi connectivity index (χ3n) is 5.78. The lowest BCUT2D eigenvalue weighted by Crippen LogP contribution is -2.46. The summed E-state index contributed by atoms with van der Waals surface area (Å²) >= 11 is 5.85. The van der Waals surface area contributed by atoms with E-state index in [0.717, 1.165) is 44.4 Å². The Morgan fingerprint density at radius 1 is 0.794 bits per heavy atom. The lowest BCUT2D eigenvalue weighted by molar-refractivity contribution is 0.0551. The molecule has 6 heteroatoms. The van der Waals surface area contributed by atoms with Gasteiger partial charge in [-0.2, -0.15) is 0 Å². The first-order valence-corrected chi connectivity index (χ1v) is 14.1. The van der Waals surface area contributed by atoms with Crippen molar-refractivity contribution in [2.24, 2.45) is 0 Å². The zero-order valence-electron chi connectivity index (χ0n) is 23.7. The van der Waals surface area contributed by atoms with E-state index in [-0.39, 0.29) is 0 Å². The van der Waals surface area contributed by atoms with Crippen LogP contribution in [0.5, 0.6) is 0 Å².